The maximum Gasteiger partial charge on any atom is 0.164 e. The Morgan fingerprint density at radius 2 is 2.67 bits per heavy atom. The standard InChI is InChI=1S/C7H10O2/c1-2-3-6-4-9-5-7(6)8/h2,6H,1,3-5H2. The lowest BCUT2D eigenvalue weighted by atomic mass is 10.0. The SMILES string of the molecule is C=CCC1COCC1=O. The van der Waals surface area contributed by atoms with Crippen molar-refractivity contribution in [2.45, 2.75) is 6.42 Å². The quantitative estimate of drug-likeness (QED) is 0.511. The van der Waals surface area contributed by atoms with Gasteiger partial charge in [-0.2, -0.15) is 0 Å². The highest BCUT2D eigenvalue weighted by Gasteiger charge is 2.23. The Balaban J connectivity index is 2.39. The average molecular weight is 126 g/mol. The Labute approximate surface area is 54.5 Å². The fraction of sp³-hybridized carbons (Fsp3) is 0.571. The molecule has 1 aliphatic heterocycles. The molecule has 0 saturated carbocycles. The number of ether oxygens (including phenoxy) is 1. The number of carbonyl (C=O) groups is 1. The first-order valence-corrected chi connectivity index (χ1v) is 3.06. The van der Waals surface area contributed by atoms with Gasteiger partial charge in [0.1, 0.15) is 6.61 Å². The average Bonchev–Trinajstić information content (AvgIpc) is 2.18. The molecule has 0 aromatic rings. The molecule has 0 aromatic carbocycles. The molecule has 9 heavy (non-hydrogen) atoms. The molecule has 2 nitrogen and oxygen atoms in total. The van der Waals surface area contributed by atoms with Crippen LogP contribution in [0.1, 0.15) is 6.42 Å². The first-order valence-electron chi connectivity index (χ1n) is 3.06. The summed E-state index contributed by atoms with van der Waals surface area (Å²) in [5, 5.41) is 0. The second kappa shape index (κ2) is 2.78. The fourth-order valence-corrected chi connectivity index (χ4v) is 0.913. The Morgan fingerprint density at radius 3 is 3.11 bits per heavy atom. The molecule has 1 rings (SSSR count). The van der Waals surface area contributed by atoms with E-state index in [-0.39, 0.29) is 11.7 Å². The molecule has 0 radical (unpaired) electrons. The predicted molar refractivity (Wildman–Crippen MR) is 34.1 cm³/mol. The monoisotopic (exact) mass is 126 g/mol. The van der Waals surface area contributed by atoms with Gasteiger partial charge >= 0.3 is 0 Å². The maximum atomic E-state index is 10.8. The van der Waals surface area contributed by atoms with Gasteiger partial charge in [-0.05, 0) is 6.42 Å². The van der Waals surface area contributed by atoms with Crippen LogP contribution < -0.4 is 0 Å². The predicted octanol–water partition coefficient (Wildman–Crippen LogP) is 0.778. The highest BCUT2D eigenvalue weighted by atomic mass is 16.5. The lowest BCUT2D eigenvalue weighted by Crippen LogP contribution is -2.09. The number of rotatable bonds is 2. The Morgan fingerprint density at radius 1 is 1.89 bits per heavy atom. The van der Waals surface area contributed by atoms with Crippen molar-refractivity contribution in [3.63, 3.8) is 0 Å². The molecule has 2 heteroatoms. The van der Waals surface area contributed by atoms with Crippen molar-refractivity contribution in [2.24, 2.45) is 5.92 Å². The van der Waals surface area contributed by atoms with Crippen LogP contribution in [-0.2, 0) is 9.53 Å². The maximum absolute atomic E-state index is 10.8. The van der Waals surface area contributed by atoms with Crippen LogP contribution in [0.2, 0.25) is 0 Å². The second-order valence-electron chi connectivity index (χ2n) is 2.20. The van der Waals surface area contributed by atoms with Gasteiger partial charge in [-0.15, -0.1) is 6.58 Å². The summed E-state index contributed by atoms with van der Waals surface area (Å²) in [5.74, 6) is 0.317. The van der Waals surface area contributed by atoms with Gasteiger partial charge < -0.3 is 4.74 Å². The molecule has 0 N–H and O–H groups in total. The van der Waals surface area contributed by atoms with Crippen LogP contribution in [0.25, 0.3) is 0 Å². The lowest BCUT2D eigenvalue weighted by Gasteiger charge is -1.97. The van der Waals surface area contributed by atoms with Crippen molar-refractivity contribution in [2.75, 3.05) is 13.2 Å². The van der Waals surface area contributed by atoms with Crippen molar-refractivity contribution in [3.8, 4) is 0 Å². The van der Waals surface area contributed by atoms with E-state index < -0.39 is 0 Å². The topological polar surface area (TPSA) is 26.3 Å². The molecule has 1 aliphatic rings. The van der Waals surface area contributed by atoms with Gasteiger partial charge in [0, 0.05) is 5.92 Å². The molecule has 1 fully saturated rings. The first kappa shape index (κ1) is 6.49. The van der Waals surface area contributed by atoms with Crippen molar-refractivity contribution in [1.82, 2.24) is 0 Å². The minimum Gasteiger partial charge on any atom is -0.373 e. The second-order valence-corrected chi connectivity index (χ2v) is 2.20. The molecule has 0 bridgehead atoms. The normalized spacial score (nSPS) is 26.7. The van der Waals surface area contributed by atoms with E-state index in [1.54, 1.807) is 6.08 Å². The molecule has 1 unspecified atom stereocenters. The third-order valence-corrected chi connectivity index (χ3v) is 1.47. The van der Waals surface area contributed by atoms with Crippen LogP contribution >= 0.6 is 0 Å². The Bertz CT molecular complexity index is 129. The molecule has 1 saturated heterocycles. The summed E-state index contributed by atoms with van der Waals surface area (Å²) in [7, 11) is 0. The third kappa shape index (κ3) is 1.39. The lowest BCUT2D eigenvalue weighted by molar-refractivity contribution is -0.120. The summed E-state index contributed by atoms with van der Waals surface area (Å²) in [5.41, 5.74) is 0. The molecular formula is C7H10O2. The summed E-state index contributed by atoms with van der Waals surface area (Å²) in [6, 6.07) is 0. The highest BCUT2D eigenvalue weighted by Crippen LogP contribution is 2.12. The van der Waals surface area contributed by atoms with Gasteiger partial charge in [-0.25, -0.2) is 0 Å². The summed E-state index contributed by atoms with van der Waals surface area (Å²) < 4.78 is 4.92. The largest absolute Gasteiger partial charge is 0.373 e. The minimum absolute atomic E-state index is 0.0995. The molecular weight excluding hydrogens is 116 g/mol. The van der Waals surface area contributed by atoms with Crippen LogP contribution in [0.4, 0.5) is 0 Å². The van der Waals surface area contributed by atoms with Crippen molar-refractivity contribution >= 4 is 5.78 Å². The van der Waals surface area contributed by atoms with E-state index in [1.165, 1.54) is 0 Å². The van der Waals surface area contributed by atoms with Crippen molar-refractivity contribution < 1.29 is 9.53 Å². The van der Waals surface area contributed by atoms with E-state index in [2.05, 4.69) is 6.58 Å². The molecule has 50 valence electrons. The van der Waals surface area contributed by atoms with E-state index in [0.717, 1.165) is 6.42 Å². The van der Waals surface area contributed by atoms with E-state index in [9.17, 15) is 4.79 Å². The summed E-state index contributed by atoms with van der Waals surface area (Å²) in [6.07, 6.45) is 2.52. The van der Waals surface area contributed by atoms with E-state index in [0.29, 0.717) is 13.2 Å². The number of hydrogen-bond acceptors (Lipinski definition) is 2. The zero-order valence-corrected chi connectivity index (χ0v) is 5.30. The number of Topliss-reactive ketones (excluding diaryl/α,β-unsaturated/α-hetero) is 1. The van der Waals surface area contributed by atoms with Gasteiger partial charge in [0.2, 0.25) is 0 Å². The van der Waals surface area contributed by atoms with E-state index >= 15 is 0 Å². The molecule has 0 aromatic heterocycles. The minimum atomic E-state index is 0.0995. The van der Waals surface area contributed by atoms with Gasteiger partial charge in [0.05, 0.1) is 6.61 Å². The first-order chi connectivity index (χ1) is 4.34. The Kier molecular flexibility index (Phi) is 2.01. The smallest absolute Gasteiger partial charge is 0.164 e. The summed E-state index contributed by atoms with van der Waals surface area (Å²) >= 11 is 0. The van der Waals surface area contributed by atoms with Crippen molar-refractivity contribution in [3.05, 3.63) is 12.7 Å². The number of hydrogen-bond donors (Lipinski definition) is 0. The molecule has 0 aliphatic carbocycles. The number of carbonyl (C=O) groups excluding carboxylic acids is 1. The van der Waals surface area contributed by atoms with Gasteiger partial charge in [-0.3, -0.25) is 4.79 Å². The van der Waals surface area contributed by atoms with Crippen LogP contribution in [0.15, 0.2) is 12.7 Å². The van der Waals surface area contributed by atoms with Gasteiger partial charge in [-0.1, -0.05) is 6.08 Å². The summed E-state index contributed by atoms with van der Waals surface area (Å²) in [6.45, 7) is 4.44. The third-order valence-electron chi connectivity index (χ3n) is 1.47. The molecule has 0 spiro atoms. The highest BCUT2D eigenvalue weighted by molar-refractivity contribution is 5.83. The van der Waals surface area contributed by atoms with Crippen molar-refractivity contribution in [1.29, 1.82) is 0 Å². The fourth-order valence-electron chi connectivity index (χ4n) is 0.913. The van der Waals surface area contributed by atoms with E-state index in [4.69, 9.17) is 4.74 Å². The van der Waals surface area contributed by atoms with Crippen LogP contribution in [0, 0.1) is 5.92 Å². The molecule has 0 amide bonds. The zero-order chi connectivity index (χ0) is 6.69. The molecule has 1 heterocycles. The molecule has 1 atom stereocenters. The number of allylic oxidation sites excluding steroid dienone is 1. The zero-order valence-electron chi connectivity index (χ0n) is 5.30. The van der Waals surface area contributed by atoms with Crippen LogP contribution in [0.3, 0.4) is 0 Å². The Hall–Kier alpha value is -0.630. The van der Waals surface area contributed by atoms with Crippen LogP contribution in [0.5, 0.6) is 0 Å². The van der Waals surface area contributed by atoms with E-state index in [1.807, 2.05) is 0 Å². The van der Waals surface area contributed by atoms with Gasteiger partial charge in [0.25, 0.3) is 0 Å². The van der Waals surface area contributed by atoms with Gasteiger partial charge in [0.15, 0.2) is 5.78 Å². The number of ketones is 1. The summed E-state index contributed by atoms with van der Waals surface area (Å²) in [4.78, 5) is 10.8. The van der Waals surface area contributed by atoms with Crippen LogP contribution in [-0.4, -0.2) is 19.0 Å².